The van der Waals surface area contributed by atoms with E-state index in [1.165, 1.54) is 17.7 Å². The molecule has 2 heterocycles. The topological polar surface area (TPSA) is 114 Å². The number of anilines is 2. The molecule has 2 aliphatic heterocycles. The van der Waals surface area contributed by atoms with Gasteiger partial charge in [-0.15, -0.1) is 0 Å². The van der Waals surface area contributed by atoms with Crippen molar-refractivity contribution >= 4 is 23.2 Å². The fourth-order valence-electron chi connectivity index (χ4n) is 6.42. The molecule has 5 aromatic carbocycles. The second kappa shape index (κ2) is 16.3. The molecular weight excluding hydrogens is 631 g/mol. The minimum Gasteiger partial charge on any atom is -0.383 e. The Morgan fingerprint density at radius 2 is 1.20 bits per heavy atom. The van der Waals surface area contributed by atoms with E-state index in [-0.39, 0.29) is 23.8 Å². The van der Waals surface area contributed by atoms with E-state index < -0.39 is 18.1 Å². The van der Waals surface area contributed by atoms with Gasteiger partial charge in [0.05, 0.1) is 12.1 Å². The normalized spacial score (nSPS) is 17.4. The monoisotopic (exact) mass is 672 g/mol. The summed E-state index contributed by atoms with van der Waals surface area (Å²) in [5.74, 6) is -1.01. The van der Waals surface area contributed by atoms with Gasteiger partial charge in [-0.1, -0.05) is 109 Å². The summed E-state index contributed by atoms with van der Waals surface area (Å²) in [6.45, 7) is 1.90. The molecule has 0 fully saturated rings. The van der Waals surface area contributed by atoms with E-state index in [0.29, 0.717) is 37.2 Å². The van der Waals surface area contributed by atoms with Crippen LogP contribution in [0.4, 0.5) is 15.8 Å². The number of aliphatic hydroxyl groups is 2. The molecule has 50 heavy (non-hydrogen) atoms. The third kappa shape index (κ3) is 8.74. The Labute approximate surface area is 291 Å². The van der Waals surface area contributed by atoms with Gasteiger partial charge >= 0.3 is 0 Å². The predicted octanol–water partition coefficient (Wildman–Crippen LogP) is 5.48. The molecule has 0 aliphatic carbocycles. The SMILES string of the molecule is O=C(N[C@@H]1CNc2ccccc2C1)[C@@H](O)c1ccccc1.O=C(N[C@H]1Cc2ccccc2N(Cc2ccc(F)cc2)C1)[C@@H](O)c1ccccc1. The van der Waals surface area contributed by atoms with Crippen LogP contribution in [-0.4, -0.2) is 47.2 Å². The van der Waals surface area contributed by atoms with E-state index in [2.05, 4.69) is 33.0 Å². The highest BCUT2D eigenvalue weighted by atomic mass is 19.1. The Hall–Kier alpha value is -5.51. The molecule has 0 aromatic heterocycles. The van der Waals surface area contributed by atoms with Crippen LogP contribution in [0.15, 0.2) is 133 Å². The van der Waals surface area contributed by atoms with Gasteiger partial charge in [0.1, 0.15) is 5.82 Å². The Balaban J connectivity index is 0.000000182. The number of rotatable bonds is 8. The van der Waals surface area contributed by atoms with Gasteiger partial charge in [-0.2, -0.15) is 0 Å². The first-order valence-corrected chi connectivity index (χ1v) is 16.8. The molecule has 4 atom stereocenters. The van der Waals surface area contributed by atoms with Gasteiger partial charge in [-0.3, -0.25) is 9.59 Å². The van der Waals surface area contributed by atoms with Gasteiger partial charge in [0.25, 0.3) is 11.8 Å². The zero-order chi connectivity index (χ0) is 34.9. The maximum Gasteiger partial charge on any atom is 0.253 e. The Morgan fingerprint density at radius 3 is 1.84 bits per heavy atom. The van der Waals surface area contributed by atoms with E-state index in [1.54, 1.807) is 48.5 Å². The molecule has 256 valence electrons. The number of hydrogen-bond donors (Lipinski definition) is 5. The Kier molecular flexibility index (Phi) is 11.2. The Bertz CT molecular complexity index is 1870. The van der Waals surface area contributed by atoms with Gasteiger partial charge < -0.3 is 31.1 Å². The highest BCUT2D eigenvalue weighted by Gasteiger charge is 2.28. The molecule has 8 nitrogen and oxygen atoms in total. The molecule has 9 heteroatoms. The highest BCUT2D eigenvalue weighted by Crippen LogP contribution is 2.29. The molecule has 5 aromatic rings. The fourth-order valence-corrected chi connectivity index (χ4v) is 6.42. The summed E-state index contributed by atoms with van der Waals surface area (Å²) in [6, 6.07) is 40.4. The summed E-state index contributed by atoms with van der Waals surface area (Å²) in [6.07, 6.45) is -0.845. The van der Waals surface area contributed by atoms with Crippen LogP contribution in [0.1, 0.15) is 40.0 Å². The minimum absolute atomic E-state index is 0.00855. The average molecular weight is 673 g/mol. The first kappa shape index (κ1) is 34.4. The van der Waals surface area contributed by atoms with E-state index in [0.717, 1.165) is 28.9 Å². The van der Waals surface area contributed by atoms with Gasteiger partial charge in [0, 0.05) is 31.0 Å². The Morgan fingerprint density at radius 1 is 0.680 bits per heavy atom. The summed E-state index contributed by atoms with van der Waals surface area (Å²) in [5, 5.41) is 29.7. The fraction of sp³-hybridized carbons (Fsp3) is 0.220. The van der Waals surface area contributed by atoms with Crippen LogP contribution in [0.3, 0.4) is 0 Å². The van der Waals surface area contributed by atoms with Crippen LogP contribution >= 0.6 is 0 Å². The van der Waals surface area contributed by atoms with Crippen LogP contribution in [-0.2, 0) is 29.0 Å². The van der Waals surface area contributed by atoms with Crippen molar-refractivity contribution in [2.45, 2.75) is 43.7 Å². The first-order chi connectivity index (χ1) is 24.3. The van der Waals surface area contributed by atoms with E-state index in [1.807, 2.05) is 60.7 Å². The van der Waals surface area contributed by atoms with Crippen LogP contribution < -0.4 is 20.9 Å². The number of fused-ring (bicyclic) bond motifs is 2. The van der Waals surface area contributed by atoms with E-state index >= 15 is 0 Å². The second-order valence-corrected chi connectivity index (χ2v) is 12.6. The number of para-hydroxylation sites is 2. The third-order valence-electron chi connectivity index (χ3n) is 8.97. The lowest BCUT2D eigenvalue weighted by Gasteiger charge is -2.37. The molecule has 0 radical (unpaired) electrons. The van der Waals surface area contributed by atoms with E-state index in [9.17, 15) is 24.2 Å². The lowest BCUT2D eigenvalue weighted by atomic mass is 9.96. The van der Waals surface area contributed by atoms with Crippen molar-refractivity contribution in [1.82, 2.24) is 10.6 Å². The maximum absolute atomic E-state index is 13.2. The number of nitrogens with zero attached hydrogens (tertiary/aromatic N) is 1. The molecule has 2 amide bonds. The molecule has 7 rings (SSSR count). The zero-order valence-electron chi connectivity index (χ0n) is 27.6. The summed E-state index contributed by atoms with van der Waals surface area (Å²) < 4.78 is 13.2. The molecule has 0 saturated carbocycles. The van der Waals surface area contributed by atoms with Gasteiger partial charge in [-0.25, -0.2) is 4.39 Å². The molecule has 2 aliphatic rings. The van der Waals surface area contributed by atoms with Crippen LogP contribution in [0, 0.1) is 5.82 Å². The van der Waals surface area contributed by atoms with Crippen molar-refractivity contribution in [1.29, 1.82) is 0 Å². The molecule has 0 bridgehead atoms. The second-order valence-electron chi connectivity index (χ2n) is 12.6. The molecule has 5 N–H and O–H groups in total. The molecule has 0 spiro atoms. The van der Waals surface area contributed by atoms with E-state index in [4.69, 9.17) is 0 Å². The smallest absolute Gasteiger partial charge is 0.253 e. The van der Waals surface area contributed by atoms with Crippen LogP contribution in [0.25, 0.3) is 0 Å². The van der Waals surface area contributed by atoms with Gasteiger partial charge in [0.15, 0.2) is 12.2 Å². The highest BCUT2D eigenvalue weighted by molar-refractivity contribution is 5.83. The summed E-state index contributed by atoms with van der Waals surface area (Å²) in [4.78, 5) is 26.9. The first-order valence-electron chi connectivity index (χ1n) is 16.8. The third-order valence-corrected chi connectivity index (χ3v) is 8.97. The molecule has 0 unspecified atom stereocenters. The van der Waals surface area contributed by atoms with Gasteiger partial charge in [-0.05, 0) is 64.9 Å². The van der Waals surface area contributed by atoms with Crippen molar-refractivity contribution < 1.29 is 24.2 Å². The van der Waals surface area contributed by atoms with Crippen molar-refractivity contribution in [3.8, 4) is 0 Å². The van der Waals surface area contributed by atoms with Crippen molar-refractivity contribution in [3.05, 3.63) is 167 Å². The maximum atomic E-state index is 13.2. The largest absolute Gasteiger partial charge is 0.383 e. The number of carbonyl (C=O) groups is 2. The minimum atomic E-state index is -1.20. The van der Waals surface area contributed by atoms with Crippen molar-refractivity contribution in [2.75, 3.05) is 23.3 Å². The summed E-state index contributed by atoms with van der Waals surface area (Å²) >= 11 is 0. The zero-order valence-corrected chi connectivity index (χ0v) is 27.6. The number of amides is 2. The number of carbonyl (C=O) groups excluding carboxylic acids is 2. The van der Waals surface area contributed by atoms with Crippen LogP contribution in [0.2, 0.25) is 0 Å². The average Bonchev–Trinajstić information content (AvgIpc) is 3.16. The summed E-state index contributed by atoms with van der Waals surface area (Å²) in [7, 11) is 0. The number of halogens is 1. The van der Waals surface area contributed by atoms with Crippen molar-refractivity contribution in [3.63, 3.8) is 0 Å². The summed E-state index contributed by atoms with van der Waals surface area (Å²) in [5.41, 5.74) is 6.74. The number of benzene rings is 5. The quantitative estimate of drug-likeness (QED) is 0.149. The van der Waals surface area contributed by atoms with Crippen LogP contribution in [0.5, 0.6) is 0 Å². The number of aliphatic hydroxyl groups excluding tert-OH is 2. The molecular formula is C41H41FN4O4. The lowest BCUT2D eigenvalue weighted by Crippen LogP contribution is -2.49. The predicted molar refractivity (Wildman–Crippen MR) is 193 cm³/mol. The number of hydrogen-bond acceptors (Lipinski definition) is 6. The lowest BCUT2D eigenvalue weighted by molar-refractivity contribution is -0.131. The number of nitrogens with one attached hydrogen (secondary N) is 3. The molecule has 0 saturated heterocycles. The standard InChI is InChI=1S/C24H23FN2O2.C17H18N2O2/c25-20-12-10-17(11-13-20)15-27-16-21(14-19-8-4-5-9-22(19)27)26-24(29)23(28)18-6-2-1-3-7-18;20-16(12-6-2-1-3-7-12)17(21)19-14-10-13-8-4-5-9-15(13)18-11-14/h1-13,21,23,28H,14-16H2,(H,26,29);1-9,14,16,18,20H,10-11H2,(H,19,21)/t21-,23-;14-,16-/m00/s1. The van der Waals surface area contributed by atoms with Crippen molar-refractivity contribution in [2.24, 2.45) is 0 Å². The van der Waals surface area contributed by atoms with Gasteiger partial charge in [0.2, 0.25) is 0 Å².